The van der Waals surface area contributed by atoms with Crippen LogP contribution in [-0.4, -0.2) is 40.9 Å². The maximum atomic E-state index is 13.6. The maximum absolute atomic E-state index is 13.6. The van der Waals surface area contributed by atoms with E-state index in [1.165, 1.54) is 25.1 Å². The van der Waals surface area contributed by atoms with Gasteiger partial charge < -0.3 is 10.0 Å². The minimum absolute atomic E-state index is 0.0327. The Morgan fingerprint density at radius 1 is 1.15 bits per heavy atom. The lowest BCUT2D eigenvalue weighted by atomic mass is 9.96. The van der Waals surface area contributed by atoms with Crippen molar-refractivity contribution in [3.63, 3.8) is 0 Å². The molecule has 1 heterocycles. The van der Waals surface area contributed by atoms with Crippen molar-refractivity contribution in [1.82, 2.24) is 4.90 Å². The number of aliphatic hydroxyl groups excluding tert-OH is 1. The number of hydrogen-bond acceptors (Lipinski definition) is 3. The highest BCUT2D eigenvalue weighted by molar-refractivity contribution is 6.01. The number of rotatable bonds is 4. The third-order valence-electron chi connectivity index (χ3n) is 4.90. The molecule has 1 aliphatic heterocycles. The summed E-state index contributed by atoms with van der Waals surface area (Å²) in [6, 6.07) is 10.8. The average Bonchev–Trinajstić information content (AvgIpc) is 2.67. The van der Waals surface area contributed by atoms with E-state index in [0.717, 1.165) is 19.3 Å². The molecule has 2 aromatic rings. The molecule has 1 fully saturated rings. The Morgan fingerprint density at radius 2 is 1.88 bits per heavy atom. The summed E-state index contributed by atoms with van der Waals surface area (Å²) < 4.78 is 13.6. The predicted octanol–water partition coefficient (Wildman–Crippen LogP) is 3.68. The summed E-state index contributed by atoms with van der Waals surface area (Å²) >= 11 is 0. The molecule has 0 radical (unpaired) electrons. The van der Waals surface area contributed by atoms with Crippen LogP contribution in [0.5, 0.6) is 0 Å². The summed E-state index contributed by atoms with van der Waals surface area (Å²) in [6.45, 7) is 2.05. The van der Waals surface area contributed by atoms with Gasteiger partial charge in [0.2, 0.25) is 0 Å². The highest BCUT2D eigenvalue weighted by Gasteiger charge is 2.26. The van der Waals surface area contributed by atoms with Crippen molar-refractivity contribution in [2.45, 2.75) is 32.2 Å². The molecular weight excluding hydrogens is 333 g/mol. The zero-order chi connectivity index (χ0) is 18.7. The van der Waals surface area contributed by atoms with Crippen molar-refractivity contribution < 1.29 is 19.1 Å². The molecule has 0 bridgehead atoms. The number of aliphatic hydroxyl groups is 1. The Morgan fingerprint density at radius 3 is 2.54 bits per heavy atom. The van der Waals surface area contributed by atoms with Crippen molar-refractivity contribution in [3.8, 4) is 11.1 Å². The predicted molar refractivity (Wildman–Crippen MR) is 97.6 cm³/mol. The minimum Gasteiger partial charge on any atom is -0.394 e. The Balaban J connectivity index is 1.88. The highest BCUT2D eigenvalue weighted by Crippen LogP contribution is 2.27. The van der Waals surface area contributed by atoms with Crippen molar-refractivity contribution in [3.05, 3.63) is 59.4 Å². The number of ketones is 1. The van der Waals surface area contributed by atoms with Crippen LogP contribution in [0.3, 0.4) is 0 Å². The molecule has 0 aliphatic carbocycles. The van der Waals surface area contributed by atoms with E-state index in [1.54, 1.807) is 29.2 Å². The SMILES string of the molecule is CC(=O)c1ccc(F)cc1-c1ccc(C(=O)N2CCCCC2CO)cc1. The Labute approximate surface area is 152 Å². The van der Waals surface area contributed by atoms with Gasteiger partial charge in [0.15, 0.2) is 5.78 Å². The van der Waals surface area contributed by atoms with Gasteiger partial charge in [-0.25, -0.2) is 4.39 Å². The number of nitrogens with zero attached hydrogens (tertiary/aromatic N) is 1. The lowest BCUT2D eigenvalue weighted by Crippen LogP contribution is -2.45. The monoisotopic (exact) mass is 355 g/mol. The van der Waals surface area contributed by atoms with Crippen molar-refractivity contribution in [2.75, 3.05) is 13.2 Å². The topological polar surface area (TPSA) is 57.6 Å². The second-order valence-corrected chi connectivity index (χ2v) is 6.65. The molecule has 3 rings (SSSR count). The molecule has 1 N–H and O–H groups in total. The third-order valence-corrected chi connectivity index (χ3v) is 4.90. The van der Waals surface area contributed by atoms with E-state index in [-0.39, 0.29) is 24.3 Å². The number of halogens is 1. The normalized spacial score (nSPS) is 17.2. The van der Waals surface area contributed by atoms with Crippen LogP contribution < -0.4 is 0 Å². The number of Topliss-reactive ketones (excluding diaryl/α,β-unsaturated/α-hetero) is 1. The van der Waals surface area contributed by atoms with E-state index in [2.05, 4.69) is 0 Å². The van der Waals surface area contributed by atoms with Crippen LogP contribution in [0.1, 0.15) is 46.9 Å². The fourth-order valence-corrected chi connectivity index (χ4v) is 3.48. The number of likely N-dealkylation sites (tertiary alicyclic amines) is 1. The quantitative estimate of drug-likeness (QED) is 0.851. The van der Waals surface area contributed by atoms with Crippen LogP contribution >= 0.6 is 0 Å². The molecule has 1 aliphatic rings. The summed E-state index contributed by atoms with van der Waals surface area (Å²) in [5.41, 5.74) is 2.17. The molecule has 26 heavy (non-hydrogen) atoms. The van der Waals surface area contributed by atoms with Crippen LogP contribution in [0.2, 0.25) is 0 Å². The van der Waals surface area contributed by atoms with E-state index < -0.39 is 5.82 Å². The van der Waals surface area contributed by atoms with Gasteiger partial charge in [0, 0.05) is 17.7 Å². The maximum Gasteiger partial charge on any atom is 0.254 e. The molecule has 4 nitrogen and oxygen atoms in total. The summed E-state index contributed by atoms with van der Waals surface area (Å²) in [5, 5.41) is 9.50. The van der Waals surface area contributed by atoms with Crippen molar-refractivity contribution in [1.29, 1.82) is 0 Å². The molecule has 1 unspecified atom stereocenters. The Kier molecular flexibility index (Phi) is 5.47. The molecule has 0 aromatic heterocycles. The summed E-state index contributed by atoms with van der Waals surface area (Å²) in [6.07, 6.45) is 2.76. The molecule has 1 amide bonds. The summed E-state index contributed by atoms with van der Waals surface area (Å²) in [5.74, 6) is -0.662. The van der Waals surface area contributed by atoms with Crippen LogP contribution in [-0.2, 0) is 0 Å². The highest BCUT2D eigenvalue weighted by atomic mass is 19.1. The Hall–Kier alpha value is -2.53. The fraction of sp³-hybridized carbons (Fsp3) is 0.333. The smallest absolute Gasteiger partial charge is 0.254 e. The van der Waals surface area contributed by atoms with E-state index in [1.807, 2.05) is 0 Å². The van der Waals surface area contributed by atoms with Crippen molar-refractivity contribution >= 4 is 11.7 Å². The van der Waals surface area contributed by atoms with Gasteiger partial charge in [-0.1, -0.05) is 12.1 Å². The number of carbonyl (C=O) groups is 2. The van der Waals surface area contributed by atoms with E-state index >= 15 is 0 Å². The van der Waals surface area contributed by atoms with E-state index in [4.69, 9.17) is 0 Å². The zero-order valence-electron chi connectivity index (χ0n) is 14.7. The molecule has 0 spiro atoms. The van der Waals surface area contributed by atoms with Crippen LogP contribution in [0, 0.1) is 5.82 Å². The van der Waals surface area contributed by atoms with Crippen molar-refractivity contribution in [2.24, 2.45) is 0 Å². The first-order valence-electron chi connectivity index (χ1n) is 8.84. The fourth-order valence-electron chi connectivity index (χ4n) is 3.48. The number of carbonyl (C=O) groups excluding carboxylic acids is 2. The number of amides is 1. The molecule has 1 saturated heterocycles. The lowest BCUT2D eigenvalue weighted by Gasteiger charge is -2.34. The van der Waals surface area contributed by atoms with Crippen LogP contribution in [0.4, 0.5) is 4.39 Å². The lowest BCUT2D eigenvalue weighted by molar-refractivity contribution is 0.0503. The number of hydrogen-bond donors (Lipinski definition) is 1. The van der Waals surface area contributed by atoms with Gasteiger partial charge >= 0.3 is 0 Å². The third kappa shape index (κ3) is 3.68. The van der Waals surface area contributed by atoms with E-state index in [0.29, 0.717) is 28.8 Å². The first kappa shape index (κ1) is 18.3. The first-order chi connectivity index (χ1) is 12.5. The molecule has 5 heteroatoms. The standard InChI is InChI=1S/C21H22FNO3/c1-14(25)19-10-9-17(22)12-20(19)15-5-7-16(8-6-15)21(26)23-11-3-2-4-18(23)13-24/h5-10,12,18,24H,2-4,11,13H2,1H3. The zero-order valence-corrected chi connectivity index (χ0v) is 14.7. The molecular formula is C21H22FNO3. The second-order valence-electron chi connectivity index (χ2n) is 6.65. The van der Waals surface area contributed by atoms with Gasteiger partial charge in [0.05, 0.1) is 12.6 Å². The molecule has 1 atom stereocenters. The molecule has 136 valence electrons. The average molecular weight is 355 g/mol. The number of piperidine rings is 1. The van der Waals surface area contributed by atoms with Gasteiger partial charge in [-0.05, 0) is 67.6 Å². The Bertz CT molecular complexity index is 817. The second kappa shape index (κ2) is 7.79. The van der Waals surface area contributed by atoms with E-state index in [9.17, 15) is 19.1 Å². The molecule has 0 saturated carbocycles. The van der Waals surface area contributed by atoms with Gasteiger partial charge in [0.1, 0.15) is 5.82 Å². The molecule has 2 aromatic carbocycles. The minimum atomic E-state index is -0.413. The van der Waals surface area contributed by atoms with Crippen LogP contribution in [0.15, 0.2) is 42.5 Å². The number of benzene rings is 2. The van der Waals surface area contributed by atoms with Gasteiger partial charge in [-0.3, -0.25) is 9.59 Å². The summed E-state index contributed by atoms with van der Waals surface area (Å²) in [7, 11) is 0. The van der Waals surface area contributed by atoms with Gasteiger partial charge in [0.25, 0.3) is 5.91 Å². The summed E-state index contributed by atoms with van der Waals surface area (Å²) in [4.78, 5) is 26.3. The first-order valence-corrected chi connectivity index (χ1v) is 8.84. The van der Waals surface area contributed by atoms with Gasteiger partial charge in [-0.2, -0.15) is 0 Å². The van der Waals surface area contributed by atoms with Gasteiger partial charge in [-0.15, -0.1) is 0 Å². The van der Waals surface area contributed by atoms with Crippen LogP contribution in [0.25, 0.3) is 11.1 Å². The largest absolute Gasteiger partial charge is 0.394 e.